The van der Waals surface area contributed by atoms with Crippen LogP contribution < -0.4 is 9.47 Å². The number of methoxy groups -OCH3 is 1. The highest BCUT2D eigenvalue weighted by molar-refractivity contribution is 6.46. The van der Waals surface area contributed by atoms with Crippen LogP contribution in [0.4, 0.5) is 0 Å². The minimum atomic E-state index is -0.751. The first-order valence-corrected chi connectivity index (χ1v) is 12.8. The largest absolute Gasteiger partial charge is 0.507 e. The van der Waals surface area contributed by atoms with Gasteiger partial charge in [0.05, 0.1) is 31.4 Å². The van der Waals surface area contributed by atoms with E-state index in [0.29, 0.717) is 43.1 Å². The number of rotatable bonds is 10. The fourth-order valence-corrected chi connectivity index (χ4v) is 4.52. The molecule has 0 saturated carbocycles. The van der Waals surface area contributed by atoms with E-state index in [1.165, 1.54) is 4.90 Å². The van der Waals surface area contributed by atoms with Gasteiger partial charge < -0.3 is 24.2 Å². The van der Waals surface area contributed by atoms with Crippen molar-refractivity contribution in [1.82, 2.24) is 4.90 Å². The van der Waals surface area contributed by atoms with Crippen LogP contribution in [0.5, 0.6) is 11.5 Å². The lowest BCUT2D eigenvalue weighted by atomic mass is 9.84. The van der Waals surface area contributed by atoms with Gasteiger partial charge in [-0.15, -0.1) is 0 Å². The quantitative estimate of drug-likeness (QED) is 0.193. The molecule has 37 heavy (non-hydrogen) atoms. The predicted molar refractivity (Wildman–Crippen MR) is 144 cm³/mol. The molecule has 200 valence electrons. The number of ether oxygens (including phenoxy) is 3. The van der Waals surface area contributed by atoms with Gasteiger partial charge in [-0.1, -0.05) is 32.9 Å². The van der Waals surface area contributed by atoms with Gasteiger partial charge in [0, 0.05) is 24.3 Å². The van der Waals surface area contributed by atoms with Crippen LogP contribution in [0.2, 0.25) is 0 Å². The maximum atomic E-state index is 13.4. The number of hydrogen-bond donors (Lipinski definition) is 1. The lowest BCUT2D eigenvalue weighted by Gasteiger charge is -2.26. The number of aliphatic hydroxyl groups is 1. The number of benzene rings is 2. The second-order valence-corrected chi connectivity index (χ2v) is 10.4. The van der Waals surface area contributed by atoms with E-state index in [0.717, 1.165) is 11.3 Å². The summed E-state index contributed by atoms with van der Waals surface area (Å²) >= 11 is 0. The van der Waals surface area contributed by atoms with Crippen LogP contribution in [-0.2, 0) is 19.7 Å². The Kier molecular flexibility index (Phi) is 9.02. The molecular formula is C30H39NO6. The van der Waals surface area contributed by atoms with Crippen molar-refractivity contribution < 1.29 is 28.9 Å². The number of Topliss-reactive ketones (excluding diaryl/α,β-unsaturated/α-hetero) is 1. The van der Waals surface area contributed by atoms with Gasteiger partial charge in [0.1, 0.15) is 17.3 Å². The van der Waals surface area contributed by atoms with Gasteiger partial charge in [-0.25, -0.2) is 0 Å². The standard InChI is InChI=1S/C30H39NO6/c1-8-36-24-14-13-21(18-23(24)30(4,5)6)27(32)25-26(20-11-9-12-22(17-20)35-7)31(29(34)28(25)33)15-10-16-37-19(2)3/h9,11-14,17-19,26,32H,8,10,15-16H2,1-7H3/b27-25-. The number of carbonyl (C=O) groups excluding carboxylic acids is 2. The molecule has 1 aliphatic heterocycles. The van der Waals surface area contributed by atoms with Crippen molar-refractivity contribution in [3.05, 3.63) is 64.7 Å². The molecule has 1 fully saturated rings. The molecule has 1 unspecified atom stereocenters. The van der Waals surface area contributed by atoms with Crippen molar-refractivity contribution in [2.24, 2.45) is 0 Å². The van der Waals surface area contributed by atoms with E-state index in [4.69, 9.17) is 14.2 Å². The van der Waals surface area contributed by atoms with Crippen LogP contribution in [0.3, 0.4) is 0 Å². The van der Waals surface area contributed by atoms with Crippen LogP contribution >= 0.6 is 0 Å². The van der Waals surface area contributed by atoms with Crippen LogP contribution in [0.25, 0.3) is 5.76 Å². The molecule has 1 atom stereocenters. The van der Waals surface area contributed by atoms with Crippen LogP contribution in [0.1, 0.15) is 70.7 Å². The third kappa shape index (κ3) is 6.34. The highest BCUT2D eigenvalue weighted by atomic mass is 16.5. The Hall–Kier alpha value is -3.32. The first kappa shape index (κ1) is 28.3. The lowest BCUT2D eigenvalue weighted by molar-refractivity contribution is -0.140. The van der Waals surface area contributed by atoms with Gasteiger partial charge in [-0.2, -0.15) is 0 Å². The normalized spacial score (nSPS) is 17.5. The molecule has 7 heteroatoms. The van der Waals surface area contributed by atoms with Gasteiger partial charge in [0.2, 0.25) is 0 Å². The number of carbonyl (C=O) groups is 2. The van der Waals surface area contributed by atoms with Gasteiger partial charge in [-0.3, -0.25) is 9.59 Å². The zero-order valence-corrected chi connectivity index (χ0v) is 23.0. The summed E-state index contributed by atoms with van der Waals surface area (Å²) in [5.74, 6) is -0.230. The third-order valence-corrected chi connectivity index (χ3v) is 6.30. The average Bonchev–Trinajstić information content (AvgIpc) is 3.10. The first-order chi connectivity index (χ1) is 17.5. The molecule has 1 N–H and O–H groups in total. The molecule has 0 aliphatic carbocycles. The lowest BCUT2D eigenvalue weighted by Crippen LogP contribution is -2.31. The van der Waals surface area contributed by atoms with Gasteiger partial charge in [-0.05, 0) is 68.5 Å². The molecule has 1 heterocycles. The predicted octanol–water partition coefficient (Wildman–Crippen LogP) is 5.63. The molecule has 1 aliphatic rings. The summed E-state index contributed by atoms with van der Waals surface area (Å²) in [5, 5.41) is 11.5. The molecule has 0 bridgehead atoms. The topological polar surface area (TPSA) is 85.3 Å². The molecule has 0 radical (unpaired) electrons. The van der Waals surface area contributed by atoms with Crippen molar-refractivity contribution in [1.29, 1.82) is 0 Å². The Morgan fingerprint density at radius 3 is 2.46 bits per heavy atom. The SMILES string of the molecule is CCOc1ccc(/C(O)=C2/C(=O)C(=O)N(CCCOC(C)C)C2c2cccc(OC)c2)cc1C(C)(C)C. The number of aliphatic hydroxyl groups excluding tert-OH is 1. The van der Waals surface area contributed by atoms with Crippen molar-refractivity contribution in [2.75, 3.05) is 26.9 Å². The minimum Gasteiger partial charge on any atom is -0.507 e. The number of ketones is 1. The molecule has 7 nitrogen and oxygen atoms in total. The fourth-order valence-electron chi connectivity index (χ4n) is 4.52. The number of nitrogens with zero attached hydrogens (tertiary/aromatic N) is 1. The highest BCUT2D eigenvalue weighted by Gasteiger charge is 2.46. The first-order valence-electron chi connectivity index (χ1n) is 12.8. The van der Waals surface area contributed by atoms with E-state index in [9.17, 15) is 14.7 Å². The molecule has 0 spiro atoms. The maximum absolute atomic E-state index is 13.4. The maximum Gasteiger partial charge on any atom is 0.295 e. The Balaban J connectivity index is 2.13. The molecule has 2 aromatic carbocycles. The second kappa shape index (κ2) is 11.8. The van der Waals surface area contributed by atoms with Crippen molar-refractivity contribution in [3.63, 3.8) is 0 Å². The Bertz CT molecular complexity index is 1160. The highest BCUT2D eigenvalue weighted by Crippen LogP contribution is 2.41. The molecule has 0 aromatic heterocycles. The van der Waals surface area contributed by atoms with Crippen molar-refractivity contribution >= 4 is 17.4 Å². The van der Waals surface area contributed by atoms with Gasteiger partial charge >= 0.3 is 0 Å². The monoisotopic (exact) mass is 509 g/mol. The van der Waals surface area contributed by atoms with E-state index in [1.807, 2.05) is 39.0 Å². The summed E-state index contributed by atoms with van der Waals surface area (Å²) in [6.07, 6.45) is 0.629. The smallest absolute Gasteiger partial charge is 0.295 e. The summed E-state index contributed by atoms with van der Waals surface area (Å²) in [5.41, 5.74) is 1.84. The van der Waals surface area contributed by atoms with Gasteiger partial charge in [0.25, 0.3) is 11.7 Å². The molecular weight excluding hydrogens is 470 g/mol. The van der Waals surface area contributed by atoms with E-state index in [2.05, 4.69) is 20.8 Å². The Morgan fingerprint density at radius 2 is 1.84 bits per heavy atom. The Morgan fingerprint density at radius 1 is 1.11 bits per heavy atom. The second-order valence-electron chi connectivity index (χ2n) is 10.4. The van der Waals surface area contributed by atoms with E-state index in [-0.39, 0.29) is 22.9 Å². The van der Waals surface area contributed by atoms with Crippen LogP contribution in [-0.4, -0.2) is 54.7 Å². The average molecular weight is 510 g/mol. The summed E-state index contributed by atoms with van der Waals surface area (Å²) in [6, 6.07) is 11.9. The number of amides is 1. The summed E-state index contributed by atoms with van der Waals surface area (Å²) in [6.45, 7) is 13.3. The fraction of sp³-hybridized carbons (Fsp3) is 0.467. The molecule has 3 rings (SSSR count). The van der Waals surface area contributed by atoms with Crippen molar-refractivity contribution in [3.8, 4) is 11.5 Å². The minimum absolute atomic E-state index is 0.0621. The van der Waals surface area contributed by atoms with Crippen LogP contribution in [0, 0.1) is 0 Å². The summed E-state index contributed by atoms with van der Waals surface area (Å²) < 4.78 is 16.9. The molecule has 1 saturated heterocycles. The summed E-state index contributed by atoms with van der Waals surface area (Å²) in [7, 11) is 1.56. The van der Waals surface area contributed by atoms with Crippen molar-refractivity contribution in [2.45, 2.75) is 65.5 Å². The van der Waals surface area contributed by atoms with E-state index in [1.54, 1.807) is 31.4 Å². The number of likely N-dealkylation sites (tertiary alicyclic amines) is 1. The zero-order valence-electron chi connectivity index (χ0n) is 23.0. The summed E-state index contributed by atoms with van der Waals surface area (Å²) in [4.78, 5) is 28.1. The molecule has 1 amide bonds. The Labute approximate surface area is 220 Å². The molecule has 2 aromatic rings. The van der Waals surface area contributed by atoms with Crippen LogP contribution in [0.15, 0.2) is 48.0 Å². The number of hydrogen-bond acceptors (Lipinski definition) is 6. The van der Waals surface area contributed by atoms with E-state index < -0.39 is 17.7 Å². The third-order valence-electron chi connectivity index (χ3n) is 6.30. The van der Waals surface area contributed by atoms with E-state index >= 15 is 0 Å². The zero-order chi connectivity index (χ0) is 27.3. The van der Waals surface area contributed by atoms with Gasteiger partial charge in [0.15, 0.2) is 0 Å².